The van der Waals surface area contributed by atoms with Crippen molar-refractivity contribution in [3.63, 3.8) is 0 Å². The number of imidazole rings is 1. The molecule has 4 heterocycles. The first-order valence-corrected chi connectivity index (χ1v) is 13.4. The first kappa shape index (κ1) is 22.1. The van der Waals surface area contributed by atoms with Crippen LogP contribution in [0, 0.1) is 0 Å². The van der Waals surface area contributed by atoms with Gasteiger partial charge in [0.25, 0.3) is 6.43 Å². The number of alkyl halides is 2. The molecular weight excluding hydrogens is 474 g/mol. The van der Waals surface area contributed by atoms with Gasteiger partial charge in [-0.25, -0.2) is 13.8 Å². The van der Waals surface area contributed by atoms with E-state index in [9.17, 15) is 13.0 Å². The molecule has 0 amide bonds. The number of aromatic nitrogens is 4. The molecule has 0 aromatic carbocycles. The van der Waals surface area contributed by atoms with Crippen LogP contribution in [-0.2, 0) is 10.8 Å². The maximum absolute atomic E-state index is 13.1. The number of fused-ring (bicyclic) bond motifs is 1. The van der Waals surface area contributed by atoms with Crippen LogP contribution in [0.4, 0.5) is 8.78 Å². The molecule has 12 heteroatoms. The highest BCUT2D eigenvalue weighted by atomic mass is 32.2. The normalized spacial score (nSPS) is 18.8. The largest absolute Gasteiger partial charge is 0.313 e. The standard InChI is InChI=1S/C20H22F2N6OS3/c1-20(5-6-20)27-31-12-9-13(11-3-7-23-8-4-11)14-19(32(2)29)24-16(28(14)10-12)18-26-25-17(30-18)15(21)22/h3,9-10,15,23,27H,4-8H2,1-2H3. The van der Waals surface area contributed by atoms with Crippen LogP contribution >= 0.6 is 23.3 Å². The van der Waals surface area contributed by atoms with Crippen LogP contribution in [0.2, 0.25) is 0 Å². The molecule has 5 rings (SSSR count). The summed E-state index contributed by atoms with van der Waals surface area (Å²) in [5, 5.41) is 11.2. The molecule has 0 spiro atoms. The topological polar surface area (TPSA) is 84.2 Å². The predicted molar refractivity (Wildman–Crippen MR) is 123 cm³/mol. The minimum Gasteiger partial charge on any atom is -0.313 e. The van der Waals surface area contributed by atoms with Crippen molar-refractivity contribution in [3.05, 3.63) is 28.9 Å². The summed E-state index contributed by atoms with van der Waals surface area (Å²) in [6.45, 7) is 3.79. The van der Waals surface area contributed by atoms with Crippen LogP contribution in [-0.4, -0.2) is 48.7 Å². The van der Waals surface area contributed by atoms with E-state index in [0.717, 1.165) is 65.2 Å². The number of hydrogen-bond donors (Lipinski definition) is 2. The van der Waals surface area contributed by atoms with Gasteiger partial charge in [0.05, 0.1) is 16.3 Å². The molecular formula is C20H22F2N6OS3. The lowest BCUT2D eigenvalue weighted by atomic mass is 10.0. The van der Waals surface area contributed by atoms with Gasteiger partial charge in [-0.3, -0.25) is 13.3 Å². The summed E-state index contributed by atoms with van der Waals surface area (Å²) >= 11 is 2.35. The number of hydrogen-bond acceptors (Lipinski definition) is 8. The molecule has 1 saturated carbocycles. The third-order valence-corrected chi connectivity index (χ3v) is 8.40. The van der Waals surface area contributed by atoms with E-state index in [1.807, 2.05) is 10.6 Å². The van der Waals surface area contributed by atoms with Crippen molar-refractivity contribution in [2.75, 3.05) is 19.3 Å². The molecule has 0 radical (unpaired) electrons. The minimum absolute atomic E-state index is 0.132. The fourth-order valence-corrected chi connectivity index (χ4v) is 5.85. The Hall–Kier alpha value is -1.73. The molecule has 3 aromatic heterocycles. The van der Waals surface area contributed by atoms with Crippen LogP contribution in [0.25, 0.3) is 21.9 Å². The van der Waals surface area contributed by atoms with Crippen LogP contribution in [0.15, 0.2) is 28.3 Å². The van der Waals surface area contributed by atoms with E-state index < -0.39 is 17.2 Å². The zero-order chi connectivity index (χ0) is 22.5. The molecule has 1 fully saturated rings. The van der Waals surface area contributed by atoms with Crippen LogP contribution < -0.4 is 10.0 Å². The van der Waals surface area contributed by atoms with Gasteiger partial charge < -0.3 is 5.32 Å². The van der Waals surface area contributed by atoms with Crippen molar-refractivity contribution in [2.24, 2.45) is 0 Å². The van der Waals surface area contributed by atoms with E-state index in [-0.39, 0.29) is 15.6 Å². The van der Waals surface area contributed by atoms with E-state index in [1.165, 1.54) is 0 Å². The number of halogens is 2. The lowest BCUT2D eigenvalue weighted by molar-refractivity contribution is 0.150. The zero-order valence-electron chi connectivity index (χ0n) is 17.5. The van der Waals surface area contributed by atoms with Crippen molar-refractivity contribution in [3.8, 4) is 10.8 Å². The molecule has 0 bridgehead atoms. The first-order valence-electron chi connectivity index (χ1n) is 10.2. The Labute approximate surface area is 194 Å². The van der Waals surface area contributed by atoms with E-state index >= 15 is 0 Å². The van der Waals surface area contributed by atoms with Crippen molar-refractivity contribution in [1.29, 1.82) is 0 Å². The second-order valence-electron chi connectivity index (χ2n) is 8.20. The molecule has 7 nitrogen and oxygen atoms in total. The minimum atomic E-state index is -2.70. The molecule has 1 atom stereocenters. The summed E-state index contributed by atoms with van der Waals surface area (Å²) in [6.07, 6.45) is 6.02. The molecule has 2 aliphatic rings. The highest BCUT2D eigenvalue weighted by Crippen LogP contribution is 2.40. The number of rotatable bonds is 7. The smallest absolute Gasteiger partial charge is 0.291 e. The monoisotopic (exact) mass is 496 g/mol. The molecule has 0 saturated heterocycles. The lowest BCUT2D eigenvalue weighted by Gasteiger charge is -2.18. The predicted octanol–water partition coefficient (Wildman–Crippen LogP) is 4.05. The second-order valence-corrected chi connectivity index (χ2v) is 11.4. The Morgan fingerprint density at radius 1 is 1.38 bits per heavy atom. The van der Waals surface area contributed by atoms with Gasteiger partial charge in [-0.2, -0.15) is 0 Å². The number of pyridine rings is 1. The Morgan fingerprint density at radius 2 is 2.19 bits per heavy atom. The fourth-order valence-electron chi connectivity index (χ4n) is 3.56. The second kappa shape index (κ2) is 8.56. The number of nitrogens with zero attached hydrogens (tertiary/aromatic N) is 4. The number of nitrogens with one attached hydrogen (secondary N) is 2. The van der Waals surface area contributed by atoms with E-state index in [2.05, 4.69) is 44.3 Å². The van der Waals surface area contributed by atoms with Gasteiger partial charge in [0.2, 0.25) is 0 Å². The molecule has 1 aliphatic heterocycles. The first-order chi connectivity index (χ1) is 15.3. The van der Waals surface area contributed by atoms with Gasteiger partial charge >= 0.3 is 0 Å². The van der Waals surface area contributed by atoms with Gasteiger partial charge in [0.15, 0.2) is 20.9 Å². The highest BCUT2D eigenvalue weighted by Gasteiger charge is 2.37. The lowest BCUT2D eigenvalue weighted by Crippen LogP contribution is -2.21. The summed E-state index contributed by atoms with van der Waals surface area (Å²) < 4.78 is 44.3. The van der Waals surface area contributed by atoms with Crippen LogP contribution in [0.3, 0.4) is 0 Å². The van der Waals surface area contributed by atoms with Gasteiger partial charge in [-0.05, 0) is 56.3 Å². The molecule has 2 N–H and O–H groups in total. The summed E-state index contributed by atoms with van der Waals surface area (Å²) in [5.41, 5.74) is 2.97. The van der Waals surface area contributed by atoms with E-state index in [1.54, 1.807) is 18.2 Å². The fraction of sp³-hybridized carbons (Fsp3) is 0.450. The van der Waals surface area contributed by atoms with Crippen molar-refractivity contribution >= 4 is 45.2 Å². The highest BCUT2D eigenvalue weighted by molar-refractivity contribution is 7.97. The van der Waals surface area contributed by atoms with E-state index in [4.69, 9.17) is 0 Å². The van der Waals surface area contributed by atoms with Gasteiger partial charge in [-0.1, -0.05) is 17.4 Å². The average Bonchev–Trinajstić information content (AvgIpc) is 3.17. The molecule has 1 aliphatic carbocycles. The maximum atomic E-state index is 13.1. The van der Waals surface area contributed by atoms with Gasteiger partial charge in [-0.15, -0.1) is 10.2 Å². The molecule has 3 aromatic rings. The van der Waals surface area contributed by atoms with E-state index in [0.29, 0.717) is 10.9 Å². The van der Waals surface area contributed by atoms with Crippen molar-refractivity contribution < 1.29 is 13.0 Å². The Kier molecular flexibility index (Phi) is 5.91. The molecule has 1 unspecified atom stereocenters. The summed E-state index contributed by atoms with van der Waals surface area (Å²) in [5.74, 6) is 0.380. The van der Waals surface area contributed by atoms with Crippen molar-refractivity contribution in [2.45, 2.75) is 48.1 Å². The summed E-state index contributed by atoms with van der Waals surface area (Å²) in [7, 11) is -1.38. The molecule has 32 heavy (non-hydrogen) atoms. The Balaban J connectivity index is 1.71. The third-order valence-electron chi connectivity index (χ3n) is 5.59. The Morgan fingerprint density at radius 3 is 2.81 bits per heavy atom. The SMILES string of the molecule is CS(=O)c1nc(-c2nnc(C(F)F)s2)n2cc(SNC3(C)CC3)cc(C3=CCNCC3)c12. The van der Waals surface area contributed by atoms with Gasteiger partial charge in [0.1, 0.15) is 0 Å². The molecule has 170 valence electrons. The maximum Gasteiger partial charge on any atom is 0.291 e. The summed E-state index contributed by atoms with van der Waals surface area (Å²) in [6, 6.07) is 2.10. The third kappa shape index (κ3) is 4.26. The zero-order valence-corrected chi connectivity index (χ0v) is 20.0. The Bertz CT molecular complexity index is 1230. The quantitative estimate of drug-likeness (QED) is 0.478. The van der Waals surface area contributed by atoms with Gasteiger partial charge in [0, 0.05) is 35.0 Å². The van der Waals surface area contributed by atoms with Crippen LogP contribution in [0.5, 0.6) is 0 Å². The average molecular weight is 497 g/mol. The van der Waals surface area contributed by atoms with Crippen LogP contribution in [0.1, 0.15) is 43.2 Å². The van der Waals surface area contributed by atoms with Crippen molar-refractivity contribution in [1.82, 2.24) is 29.6 Å². The summed E-state index contributed by atoms with van der Waals surface area (Å²) in [4.78, 5) is 5.57.